The molecule has 5 heteroatoms. The first-order valence-corrected chi connectivity index (χ1v) is 7.42. The second-order valence-electron chi connectivity index (χ2n) is 5.71. The minimum atomic E-state index is 0.758. The normalized spacial score (nSPS) is 16.3. The van der Waals surface area contributed by atoms with Crippen molar-refractivity contribution in [1.29, 1.82) is 0 Å². The number of benzene rings is 1. The van der Waals surface area contributed by atoms with Gasteiger partial charge in [-0.2, -0.15) is 0 Å². The Bertz CT molecular complexity index is 571. The number of hydrogen-bond donors (Lipinski definition) is 3. The van der Waals surface area contributed by atoms with Crippen LogP contribution in [-0.2, 0) is 0 Å². The fourth-order valence-corrected chi connectivity index (χ4v) is 2.99. The van der Waals surface area contributed by atoms with Crippen molar-refractivity contribution in [1.82, 2.24) is 14.9 Å². The molecule has 1 saturated carbocycles. The Labute approximate surface area is 119 Å². The molecule has 1 aromatic carbocycles. The van der Waals surface area contributed by atoms with Gasteiger partial charge in [-0.3, -0.25) is 0 Å². The molecule has 4 N–H and O–H groups in total. The standard InChI is InChI=1S/C15H23N5/c1-20(12-4-2-3-5-12)9-8-17-15-18-13-7-6-11(16)10-14(13)19-15/h6-7,10,12H,2-5,8-9,16H2,1H3,(H2,17,18,19). The summed E-state index contributed by atoms with van der Waals surface area (Å²) >= 11 is 0. The van der Waals surface area contributed by atoms with E-state index in [1.165, 1.54) is 25.7 Å². The first-order valence-electron chi connectivity index (χ1n) is 7.42. The van der Waals surface area contributed by atoms with E-state index >= 15 is 0 Å². The maximum Gasteiger partial charge on any atom is 0.201 e. The Morgan fingerprint density at radius 1 is 1.40 bits per heavy atom. The van der Waals surface area contributed by atoms with Gasteiger partial charge in [0.25, 0.3) is 0 Å². The van der Waals surface area contributed by atoms with Crippen LogP contribution in [0.4, 0.5) is 11.6 Å². The van der Waals surface area contributed by atoms with Crippen LogP contribution in [0.1, 0.15) is 25.7 Å². The van der Waals surface area contributed by atoms with Gasteiger partial charge in [0, 0.05) is 24.8 Å². The predicted molar refractivity (Wildman–Crippen MR) is 83.9 cm³/mol. The lowest BCUT2D eigenvalue weighted by atomic mass is 10.2. The number of imidazole rings is 1. The van der Waals surface area contributed by atoms with Crippen LogP contribution in [0.2, 0.25) is 0 Å². The monoisotopic (exact) mass is 273 g/mol. The summed E-state index contributed by atoms with van der Waals surface area (Å²) in [4.78, 5) is 10.2. The van der Waals surface area contributed by atoms with Crippen LogP contribution in [0.5, 0.6) is 0 Å². The molecule has 0 bridgehead atoms. The highest BCUT2D eigenvalue weighted by Gasteiger charge is 2.18. The van der Waals surface area contributed by atoms with Gasteiger partial charge in [-0.15, -0.1) is 0 Å². The van der Waals surface area contributed by atoms with Gasteiger partial charge in [-0.25, -0.2) is 4.98 Å². The molecule has 0 radical (unpaired) electrons. The van der Waals surface area contributed by atoms with Crippen molar-refractivity contribution in [2.24, 2.45) is 0 Å². The molecule has 1 aliphatic rings. The summed E-state index contributed by atoms with van der Waals surface area (Å²) < 4.78 is 0. The largest absolute Gasteiger partial charge is 0.399 e. The molecular weight excluding hydrogens is 250 g/mol. The van der Waals surface area contributed by atoms with E-state index in [0.717, 1.165) is 41.8 Å². The van der Waals surface area contributed by atoms with E-state index in [0.29, 0.717) is 0 Å². The molecule has 1 aliphatic carbocycles. The van der Waals surface area contributed by atoms with E-state index < -0.39 is 0 Å². The Morgan fingerprint density at radius 2 is 2.20 bits per heavy atom. The number of aromatic nitrogens is 2. The van der Waals surface area contributed by atoms with Crippen LogP contribution in [-0.4, -0.2) is 41.0 Å². The number of H-pyrrole nitrogens is 1. The van der Waals surface area contributed by atoms with Gasteiger partial charge < -0.3 is 20.9 Å². The zero-order valence-corrected chi connectivity index (χ0v) is 12.0. The molecule has 2 aromatic rings. The Morgan fingerprint density at radius 3 is 3.00 bits per heavy atom. The number of nitrogen functional groups attached to an aromatic ring is 1. The third-order valence-electron chi connectivity index (χ3n) is 4.21. The van der Waals surface area contributed by atoms with E-state index in [4.69, 9.17) is 5.73 Å². The van der Waals surface area contributed by atoms with E-state index in [-0.39, 0.29) is 0 Å². The second kappa shape index (κ2) is 5.71. The lowest BCUT2D eigenvalue weighted by Crippen LogP contribution is -2.33. The molecule has 0 saturated heterocycles. The highest BCUT2D eigenvalue weighted by molar-refractivity contribution is 5.80. The maximum atomic E-state index is 5.77. The summed E-state index contributed by atoms with van der Waals surface area (Å²) in [6.45, 7) is 1.95. The van der Waals surface area contributed by atoms with Crippen LogP contribution in [0.15, 0.2) is 18.2 Å². The van der Waals surface area contributed by atoms with E-state index in [9.17, 15) is 0 Å². The zero-order valence-electron chi connectivity index (χ0n) is 12.0. The number of hydrogen-bond acceptors (Lipinski definition) is 4. The van der Waals surface area contributed by atoms with E-state index in [1.54, 1.807) is 0 Å². The molecule has 1 aromatic heterocycles. The highest BCUT2D eigenvalue weighted by Crippen LogP contribution is 2.22. The molecule has 0 spiro atoms. The molecule has 20 heavy (non-hydrogen) atoms. The van der Waals surface area contributed by atoms with Crippen LogP contribution in [0.3, 0.4) is 0 Å². The van der Waals surface area contributed by atoms with Gasteiger partial charge in [0.05, 0.1) is 11.0 Å². The molecule has 108 valence electrons. The highest BCUT2D eigenvalue weighted by atomic mass is 15.2. The number of nitrogens with two attached hydrogens (primary N) is 1. The van der Waals surface area contributed by atoms with Gasteiger partial charge in [0.2, 0.25) is 5.95 Å². The van der Waals surface area contributed by atoms with Crippen LogP contribution >= 0.6 is 0 Å². The molecule has 1 fully saturated rings. The average Bonchev–Trinajstić information content (AvgIpc) is 3.06. The molecule has 1 heterocycles. The molecule has 0 aliphatic heterocycles. The molecule has 0 unspecified atom stereocenters. The Balaban J connectivity index is 1.54. The number of aromatic amines is 1. The van der Waals surface area contributed by atoms with Crippen molar-refractivity contribution in [2.45, 2.75) is 31.7 Å². The van der Waals surface area contributed by atoms with Gasteiger partial charge in [0.1, 0.15) is 0 Å². The van der Waals surface area contributed by atoms with Crippen molar-refractivity contribution in [2.75, 3.05) is 31.2 Å². The van der Waals surface area contributed by atoms with E-state index in [1.807, 2.05) is 18.2 Å². The minimum absolute atomic E-state index is 0.758. The summed E-state index contributed by atoms with van der Waals surface area (Å²) in [5.74, 6) is 0.824. The summed E-state index contributed by atoms with van der Waals surface area (Å²) in [7, 11) is 2.22. The van der Waals surface area contributed by atoms with Crippen molar-refractivity contribution in [3.05, 3.63) is 18.2 Å². The summed E-state index contributed by atoms with van der Waals surface area (Å²) in [5, 5.41) is 3.36. The molecule has 0 atom stereocenters. The molecule has 3 rings (SSSR count). The van der Waals surface area contributed by atoms with Gasteiger partial charge in [-0.05, 0) is 38.1 Å². The van der Waals surface area contributed by atoms with Gasteiger partial charge >= 0.3 is 0 Å². The van der Waals surface area contributed by atoms with Gasteiger partial charge in [-0.1, -0.05) is 12.8 Å². The van der Waals surface area contributed by atoms with Crippen molar-refractivity contribution in [3.8, 4) is 0 Å². The first-order chi connectivity index (χ1) is 9.72. The second-order valence-corrected chi connectivity index (χ2v) is 5.71. The van der Waals surface area contributed by atoms with Crippen LogP contribution in [0.25, 0.3) is 11.0 Å². The number of anilines is 2. The molecular formula is C15H23N5. The third kappa shape index (κ3) is 2.88. The quantitative estimate of drug-likeness (QED) is 0.732. The Kier molecular flexibility index (Phi) is 3.78. The minimum Gasteiger partial charge on any atom is -0.399 e. The summed E-state index contributed by atoms with van der Waals surface area (Å²) in [6, 6.07) is 6.50. The zero-order chi connectivity index (χ0) is 13.9. The number of fused-ring (bicyclic) bond motifs is 1. The molecule has 0 amide bonds. The topological polar surface area (TPSA) is 70.0 Å². The number of nitrogens with zero attached hydrogens (tertiary/aromatic N) is 2. The SMILES string of the molecule is CN(CCNc1nc2ccc(N)cc2[nH]1)C1CCCC1. The lowest BCUT2D eigenvalue weighted by molar-refractivity contribution is 0.254. The molecule has 5 nitrogen and oxygen atoms in total. The summed E-state index contributed by atoms with van der Waals surface area (Å²) in [6.07, 6.45) is 5.46. The Hall–Kier alpha value is -1.75. The maximum absolute atomic E-state index is 5.77. The number of nitrogens with one attached hydrogen (secondary N) is 2. The smallest absolute Gasteiger partial charge is 0.201 e. The fourth-order valence-electron chi connectivity index (χ4n) is 2.99. The lowest BCUT2D eigenvalue weighted by Gasteiger charge is -2.23. The predicted octanol–water partition coefficient (Wildman–Crippen LogP) is 2.43. The van der Waals surface area contributed by atoms with Crippen molar-refractivity contribution < 1.29 is 0 Å². The average molecular weight is 273 g/mol. The van der Waals surface area contributed by atoms with E-state index in [2.05, 4.69) is 27.2 Å². The van der Waals surface area contributed by atoms with Gasteiger partial charge in [0.15, 0.2) is 0 Å². The number of likely N-dealkylation sites (N-methyl/N-ethyl adjacent to an activating group) is 1. The third-order valence-corrected chi connectivity index (χ3v) is 4.21. The first kappa shape index (κ1) is 13.2. The van der Waals surface area contributed by atoms with Crippen LogP contribution < -0.4 is 11.1 Å². The van der Waals surface area contributed by atoms with Crippen molar-refractivity contribution in [3.63, 3.8) is 0 Å². The van der Waals surface area contributed by atoms with Crippen LogP contribution in [0, 0.1) is 0 Å². The summed E-state index contributed by atoms with van der Waals surface area (Å²) in [5.41, 5.74) is 8.46. The number of rotatable bonds is 5. The van der Waals surface area contributed by atoms with Crippen molar-refractivity contribution >= 4 is 22.7 Å². The fraction of sp³-hybridized carbons (Fsp3) is 0.533.